The van der Waals surface area contributed by atoms with Gasteiger partial charge in [-0.1, -0.05) is 36.4 Å². The summed E-state index contributed by atoms with van der Waals surface area (Å²) in [6.45, 7) is 0.704. The molecule has 0 bridgehead atoms. The molecule has 0 saturated carbocycles. The van der Waals surface area contributed by atoms with Crippen molar-refractivity contribution in [2.75, 3.05) is 13.7 Å². The third-order valence-electron chi connectivity index (χ3n) is 3.71. The Hall–Kier alpha value is -1.80. The SMILES string of the molecule is COc1cccc2c1-c1ccccc1C2CCN. The van der Waals surface area contributed by atoms with Gasteiger partial charge in [0.05, 0.1) is 7.11 Å². The van der Waals surface area contributed by atoms with Crippen LogP contribution in [0.25, 0.3) is 11.1 Å². The highest BCUT2D eigenvalue weighted by molar-refractivity contribution is 5.83. The van der Waals surface area contributed by atoms with Crippen LogP contribution in [0.15, 0.2) is 42.5 Å². The third-order valence-corrected chi connectivity index (χ3v) is 3.71. The summed E-state index contributed by atoms with van der Waals surface area (Å²) < 4.78 is 5.51. The summed E-state index contributed by atoms with van der Waals surface area (Å²) >= 11 is 0. The molecule has 92 valence electrons. The van der Waals surface area contributed by atoms with Gasteiger partial charge >= 0.3 is 0 Å². The number of rotatable bonds is 3. The van der Waals surface area contributed by atoms with Crippen molar-refractivity contribution in [2.24, 2.45) is 5.73 Å². The smallest absolute Gasteiger partial charge is 0.126 e. The van der Waals surface area contributed by atoms with E-state index in [1.165, 1.54) is 22.3 Å². The molecule has 1 aliphatic rings. The number of ether oxygens (including phenoxy) is 1. The summed E-state index contributed by atoms with van der Waals surface area (Å²) in [4.78, 5) is 0. The van der Waals surface area contributed by atoms with E-state index in [1.807, 2.05) is 6.07 Å². The molecule has 1 aliphatic carbocycles. The zero-order valence-electron chi connectivity index (χ0n) is 10.5. The molecule has 0 radical (unpaired) electrons. The molecular formula is C16H17NO. The van der Waals surface area contributed by atoms with Crippen molar-refractivity contribution in [1.82, 2.24) is 0 Å². The lowest BCUT2D eigenvalue weighted by Gasteiger charge is -2.12. The van der Waals surface area contributed by atoms with Crippen molar-refractivity contribution < 1.29 is 4.74 Å². The molecule has 3 rings (SSSR count). The number of fused-ring (bicyclic) bond motifs is 3. The summed E-state index contributed by atoms with van der Waals surface area (Å²) in [6.07, 6.45) is 0.983. The molecule has 0 fully saturated rings. The zero-order chi connectivity index (χ0) is 12.5. The van der Waals surface area contributed by atoms with E-state index < -0.39 is 0 Å². The van der Waals surface area contributed by atoms with Crippen LogP contribution in [-0.4, -0.2) is 13.7 Å². The number of methoxy groups -OCH3 is 1. The first-order chi connectivity index (χ1) is 8.86. The lowest BCUT2D eigenvalue weighted by molar-refractivity contribution is 0.416. The van der Waals surface area contributed by atoms with Crippen LogP contribution < -0.4 is 10.5 Å². The van der Waals surface area contributed by atoms with Crippen LogP contribution in [0, 0.1) is 0 Å². The van der Waals surface area contributed by atoms with E-state index in [9.17, 15) is 0 Å². The molecule has 0 aliphatic heterocycles. The van der Waals surface area contributed by atoms with Gasteiger partial charge in [0.1, 0.15) is 5.75 Å². The fraction of sp³-hybridized carbons (Fsp3) is 0.250. The second kappa shape index (κ2) is 4.46. The lowest BCUT2D eigenvalue weighted by atomic mass is 9.94. The molecule has 2 heteroatoms. The molecule has 18 heavy (non-hydrogen) atoms. The summed E-state index contributed by atoms with van der Waals surface area (Å²) in [6, 6.07) is 14.8. The highest BCUT2D eigenvalue weighted by atomic mass is 16.5. The molecule has 0 aromatic heterocycles. The summed E-state index contributed by atoms with van der Waals surface area (Å²) in [5.41, 5.74) is 11.0. The fourth-order valence-electron chi connectivity index (χ4n) is 2.97. The average molecular weight is 239 g/mol. The largest absolute Gasteiger partial charge is 0.496 e. The lowest BCUT2D eigenvalue weighted by Crippen LogP contribution is -2.06. The van der Waals surface area contributed by atoms with Gasteiger partial charge in [-0.05, 0) is 35.7 Å². The Bertz CT molecular complexity index is 577. The van der Waals surface area contributed by atoms with Crippen LogP contribution >= 0.6 is 0 Å². The van der Waals surface area contributed by atoms with E-state index in [0.29, 0.717) is 12.5 Å². The topological polar surface area (TPSA) is 35.2 Å². The Balaban J connectivity index is 2.25. The quantitative estimate of drug-likeness (QED) is 0.893. The number of hydrogen-bond acceptors (Lipinski definition) is 2. The third kappa shape index (κ3) is 1.53. The van der Waals surface area contributed by atoms with Gasteiger partial charge in [-0.3, -0.25) is 0 Å². The molecule has 0 amide bonds. The van der Waals surface area contributed by atoms with Gasteiger partial charge in [0.15, 0.2) is 0 Å². The molecule has 1 unspecified atom stereocenters. The Morgan fingerprint density at radius 3 is 2.61 bits per heavy atom. The van der Waals surface area contributed by atoms with E-state index >= 15 is 0 Å². The van der Waals surface area contributed by atoms with Crippen molar-refractivity contribution >= 4 is 0 Å². The minimum absolute atomic E-state index is 0.413. The Morgan fingerprint density at radius 2 is 1.83 bits per heavy atom. The summed E-state index contributed by atoms with van der Waals surface area (Å²) in [7, 11) is 1.73. The van der Waals surface area contributed by atoms with Crippen LogP contribution in [0.4, 0.5) is 0 Å². The normalized spacial score (nSPS) is 16.2. The number of nitrogens with two attached hydrogens (primary N) is 1. The Kier molecular flexibility index (Phi) is 2.80. The first-order valence-corrected chi connectivity index (χ1v) is 6.33. The second-order valence-corrected chi connectivity index (χ2v) is 4.64. The first kappa shape index (κ1) is 11.3. The van der Waals surface area contributed by atoms with Gasteiger partial charge in [0.25, 0.3) is 0 Å². The minimum atomic E-state index is 0.413. The second-order valence-electron chi connectivity index (χ2n) is 4.64. The molecule has 0 saturated heterocycles. The van der Waals surface area contributed by atoms with Gasteiger partial charge < -0.3 is 10.5 Å². The van der Waals surface area contributed by atoms with Gasteiger partial charge in [-0.15, -0.1) is 0 Å². The Morgan fingerprint density at radius 1 is 1.06 bits per heavy atom. The van der Waals surface area contributed by atoms with E-state index in [1.54, 1.807) is 7.11 Å². The molecule has 2 nitrogen and oxygen atoms in total. The van der Waals surface area contributed by atoms with E-state index in [0.717, 1.165) is 12.2 Å². The van der Waals surface area contributed by atoms with Crippen LogP contribution in [0.3, 0.4) is 0 Å². The van der Waals surface area contributed by atoms with Crippen LogP contribution in [-0.2, 0) is 0 Å². The van der Waals surface area contributed by atoms with E-state index in [-0.39, 0.29) is 0 Å². The highest BCUT2D eigenvalue weighted by Gasteiger charge is 2.29. The molecular weight excluding hydrogens is 222 g/mol. The monoisotopic (exact) mass is 239 g/mol. The van der Waals surface area contributed by atoms with Gasteiger partial charge in [-0.25, -0.2) is 0 Å². The van der Waals surface area contributed by atoms with Crippen LogP contribution in [0.5, 0.6) is 5.75 Å². The van der Waals surface area contributed by atoms with Gasteiger partial charge in [-0.2, -0.15) is 0 Å². The van der Waals surface area contributed by atoms with Crippen molar-refractivity contribution in [2.45, 2.75) is 12.3 Å². The summed E-state index contributed by atoms with van der Waals surface area (Å²) in [5, 5.41) is 0. The van der Waals surface area contributed by atoms with E-state index in [4.69, 9.17) is 10.5 Å². The van der Waals surface area contributed by atoms with Crippen molar-refractivity contribution in [3.63, 3.8) is 0 Å². The maximum atomic E-state index is 5.76. The number of benzene rings is 2. The number of hydrogen-bond donors (Lipinski definition) is 1. The molecule has 2 aromatic carbocycles. The average Bonchev–Trinajstić information content (AvgIpc) is 2.74. The molecule has 2 N–H and O–H groups in total. The van der Waals surface area contributed by atoms with Gasteiger partial charge in [0, 0.05) is 11.5 Å². The van der Waals surface area contributed by atoms with E-state index in [2.05, 4.69) is 36.4 Å². The molecule has 2 aromatic rings. The molecule has 0 spiro atoms. The standard InChI is InChI=1S/C16H17NO/c1-18-15-8-4-7-14-12(9-10-17)11-5-2-3-6-13(11)16(14)15/h2-8,12H,9-10,17H2,1H3. The minimum Gasteiger partial charge on any atom is -0.496 e. The highest BCUT2D eigenvalue weighted by Crippen LogP contribution is 2.49. The predicted octanol–water partition coefficient (Wildman–Crippen LogP) is 3.16. The predicted molar refractivity (Wildman–Crippen MR) is 73.9 cm³/mol. The Labute approximate surface area is 107 Å². The van der Waals surface area contributed by atoms with Crippen LogP contribution in [0.1, 0.15) is 23.5 Å². The maximum absolute atomic E-state index is 5.76. The van der Waals surface area contributed by atoms with Crippen molar-refractivity contribution in [1.29, 1.82) is 0 Å². The molecule has 0 heterocycles. The van der Waals surface area contributed by atoms with Gasteiger partial charge in [0.2, 0.25) is 0 Å². The first-order valence-electron chi connectivity index (χ1n) is 6.33. The molecule has 1 atom stereocenters. The summed E-state index contributed by atoms with van der Waals surface area (Å²) in [5.74, 6) is 1.37. The van der Waals surface area contributed by atoms with Crippen molar-refractivity contribution in [3.05, 3.63) is 53.6 Å². The van der Waals surface area contributed by atoms with Crippen molar-refractivity contribution in [3.8, 4) is 16.9 Å². The zero-order valence-corrected chi connectivity index (χ0v) is 10.5. The maximum Gasteiger partial charge on any atom is 0.126 e. The van der Waals surface area contributed by atoms with Crippen LogP contribution in [0.2, 0.25) is 0 Å². The fourth-order valence-corrected chi connectivity index (χ4v) is 2.97.